The summed E-state index contributed by atoms with van der Waals surface area (Å²) in [5.41, 5.74) is 9.21. The Bertz CT molecular complexity index is 1610. The number of hydrogen-bond donors (Lipinski definition) is 2. The number of halogens is 2. The van der Waals surface area contributed by atoms with Gasteiger partial charge in [0.2, 0.25) is 11.0 Å². The van der Waals surface area contributed by atoms with Crippen molar-refractivity contribution in [2.75, 3.05) is 23.1 Å². The first kappa shape index (κ1) is 28.0. The first-order valence-corrected chi connectivity index (χ1v) is 14.7. The fraction of sp³-hybridized carbons (Fsp3) is 0.222. The van der Waals surface area contributed by atoms with Gasteiger partial charge in [-0.25, -0.2) is 0 Å². The number of methoxy groups -OCH3 is 1. The van der Waals surface area contributed by atoms with Crippen LogP contribution in [0.15, 0.2) is 69.5 Å². The van der Waals surface area contributed by atoms with Crippen molar-refractivity contribution in [2.45, 2.75) is 29.5 Å². The molecule has 9 nitrogen and oxygen atoms in total. The minimum absolute atomic E-state index is 0.0501. The van der Waals surface area contributed by atoms with E-state index < -0.39 is 5.92 Å². The highest BCUT2D eigenvalue weighted by atomic mass is 35.5. The summed E-state index contributed by atoms with van der Waals surface area (Å²) in [6.07, 6.45) is 1.60. The number of amides is 1. The van der Waals surface area contributed by atoms with Crippen molar-refractivity contribution < 1.29 is 14.3 Å². The zero-order valence-electron chi connectivity index (χ0n) is 21.1. The molecule has 40 heavy (non-hydrogen) atoms. The number of nitrogens with zero attached hydrogens (tertiary/aromatic N) is 4. The molecule has 3 N–H and O–H groups in total. The van der Waals surface area contributed by atoms with E-state index in [0.29, 0.717) is 67.0 Å². The van der Waals surface area contributed by atoms with Gasteiger partial charge in [-0.3, -0.25) is 14.5 Å². The highest BCUT2D eigenvalue weighted by molar-refractivity contribution is 8.01. The Balaban J connectivity index is 1.39. The number of rotatable bonds is 7. The van der Waals surface area contributed by atoms with Gasteiger partial charge in [0.05, 0.1) is 35.4 Å². The smallest absolute Gasteiger partial charge is 0.234 e. The second-order valence-electron chi connectivity index (χ2n) is 8.87. The zero-order valence-corrected chi connectivity index (χ0v) is 24.3. The number of nitrogens with one attached hydrogen (secondary N) is 1. The van der Waals surface area contributed by atoms with Crippen LogP contribution < -0.4 is 20.7 Å². The number of ether oxygens (including phenoxy) is 1. The summed E-state index contributed by atoms with van der Waals surface area (Å²) in [6, 6.07) is 14.3. The maximum absolute atomic E-state index is 13.3. The largest absolute Gasteiger partial charge is 0.495 e. The summed E-state index contributed by atoms with van der Waals surface area (Å²) < 4.78 is 5.66. The molecular formula is C27H22Cl2N6O3S2. The summed E-state index contributed by atoms with van der Waals surface area (Å²) in [7, 11) is 1.52. The molecule has 1 aliphatic heterocycles. The SMILES string of the molecule is COc1ccc(NC(=O)CSc2nnc(N3C(N)=C(C#N)C(c4ccccc4Cl)C4=C3CCCC4=O)s2)cc1Cl. The summed E-state index contributed by atoms with van der Waals surface area (Å²) >= 11 is 15.1. The highest BCUT2D eigenvalue weighted by Gasteiger charge is 2.41. The van der Waals surface area contributed by atoms with E-state index in [-0.39, 0.29) is 28.8 Å². The molecule has 2 aliphatic rings. The van der Waals surface area contributed by atoms with E-state index in [9.17, 15) is 14.9 Å². The third kappa shape index (κ3) is 5.40. The normalized spacial score (nSPS) is 17.0. The summed E-state index contributed by atoms with van der Waals surface area (Å²) in [5.74, 6) is -0.188. The van der Waals surface area contributed by atoms with Gasteiger partial charge in [0.25, 0.3) is 0 Å². The predicted molar refractivity (Wildman–Crippen MR) is 157 cm³/mol. The minimum atomic E-state index is -0.658. The Labute approximate surface area is 248 Å². The van der Waals surface area contributed by atoms with Crippen LogP contribution in [-0.2, 0) is 9.59 Å². The molecule has 1 aliphatic carbocycles. The van der Waals surface area contributed by atoms with Gasteiger partial charge in [-0.05, 0) is 42.7 Å². The van der Waals surface area contributed by atoms with E-state index in [1.807, 2.05) is 12.1 Å². The van der Waals surface area contributed by atoms with Crippen LogP contribution in [-0.4, -0.2) is 34.8 Å². The second-order valence-corrected chi connectivity index (χ2v) is 11.9. The molecule has 5 rings (SSSR count). The van der Waals surface area contributed by atoms with Crippen LogP contribution >= 0.6 is 46.3 Å². The molecule has 1 atom stereocenters. The van der Waals surface area contributed by atoms with Gasteiger partial charge in [0.15, 0.2) is 10.1 Å². The van der Waals surface area contributed by atoms with Gasteiger partial charge in [0.1, 0.15) is 11.6 Å². The third-order valence-corrected chi connectivity index (χ3v) is 9.16. The zero-order chi connectivity index (χ0) is 28.4. The van der Waals surface area contributed by atoms with Crippen molar-refractivity contribution in [1.29, 1.82) is 5.26 Å². The number of allylic oxidation sites excluding steroid dienone is 3. The Kier molecular flexibility index (Phi) is 8.32. The number of carbonyl (C=O) groups is 2. The molecule has 13 heteroatoms. The van der Waals surface area contributed by atoms with Crippen LogP contribution in [0.4, 0.5) is 10.8 Å². The summed E-state index contributed by atoms with van der Waals surface area (Å²) in [5, 5.41) is 22.7. The topological polar surface area (TPSA) is 134 Å². The van der Waals surface area contributed by atoms with E-state index in [2.05, 4.69) is 21.6 Å². The molecule has 0 radical (unpaired) electrons. The monoisotopic (exact) mass is 612 g/mol. The molecule has 0 spiro atoms. The van der Waals surface area contributed by atoms with Crippen LogP contribution in [0.25, 0.3) is 0 Å². The minimum Gasteiger partial charge on any atom is -0.495 e. The van der Waals surface area contributed by atoms with Crippen LogP contribution in [0.5, 0.6) is 5.75 Å². The van der Waals surface area contributed by atoms with E-state index in [1.54, 1.807) is 35.2 Å². The fourth-order valence-corrected chi connectivity index (χ4v) is 6.93. The average Bonchev–Trinajstić information content (AvgIpc) is 3.40. The highest BCUT2D eigenvalue weighted by Crippen LogP contribution is 2.48. The van der Waals surface area contributed by atoms with Crippen LogP contribution in [0.3, 0.4) is 0 Å². The first-order valence-electron chi connectivity index (χ1n) is 12.1. The molecular weight excluding hydrogens is 591 g/mol. The van der Waals surface area contributed by atoms with Crippen molar-refractivity contribution in [1.82, 2.24) is 10.2 Å². The predicted octanol–water partition coefficient (Wildman–Crippen LogP) is 5.89. The van der Waals surface area contributed by atoms with Gasteiger partial charge >= 0.3 is 0 Å². The molecule has 0 saturated heterocycles. The van der Waals surface area contributed by atoms with Gasteiger partial charge in [-0.2, -0.15) is 5.26 Å². The number of anilines is 2. The molecule has 2 heterocycles. The molecule has 0 bridgehead atoms. The number of benzene rings is 2. The van der Waals surface area contributed by atoms with Gasteiger partial charge < -0.3 is 15.8 Å². The van der Waals surface area contributed by atoms with Crippen molar-refractivity contribution in [3.05, 3.63) is 80.7 Å². The molecule has 3 aromatic rings. The van der Waals surface area contributed by atoms with Crippen molar-refractivity contribution in [3.63, 3.8) is 0 Å². The standard InChI is InChI=1S/C27H22Cl2N6O3S2/c1-38-21-10-9-14(11-18(21)29)32-22(37)13-39-27-34-33-26(40-27)35-19-7-4-8-20(36)24(19)23(16(12-30)25(35)31)15-5-2-3-6-17(15)28/h2-3,5-6,9-11,23H,4,7-8,13,31H2,1H3,(H,32,37). The van der Waals surface area contributed by atoms with E-state index in [1.165, 1.54) is 30.2 Å². The number of hydrogen-bond acceptors (Lipinski definition) is 10. The quantitative estimate of drug-likeness (QED) is 0.313. The van der Waals surface area contributed by atoms with Crippen LogP contribution in [0.1, 0.15) is 30.7 Å². The van der Waals surface area contributed by atoms with Crippen LogP contribution in [0.2, 0.25) is 10.0 Å². The molecule has 0 fully saturated rings. The number of ketones is 1. The van der Waals surface area contributed by atoms with Crippen molar-refractivity contribution in [3.8, 4) is 11.8 Å². The number of thioether (sulfide) groups is 1. The average molecular weight is 614 g/mol. The Hall–Kier alpha value is -3.56. The number of carbonyl (C=O) groups excluding carboxylic acids is 2. The summed E-state index contributed by atoms with van der Waals surface area (Å²) in [6.45, 7) is 0. The maximum Gasteiger partial charge on any atom is 0.234 e. The number of nitrogens with two attached hydrogens (primary N) is 1. The second kappa shape index (κ2) is 11.9. The maximum atomic E-state index is 13.3. The Morgan fingerprint density at radius 3 is 2.77 bits per heavy atom. The fourth-order valence-electron chi connectivity index (χ4n) is 4.74. The number of nitriles is 1. The number of Topliss-reactive ketones (excluding diaryl/α,β-unsaturated/α-hetero) is 1. The Morgan fingerprint density at radius 1 is 1.25 bits per heavy atom. The third-order valence-electron chi connectivity index (χ3n) is 6.48. The van der Waals surface area contributed by atoms with Crippen LogP contribution in [0, 0.1) is 11.3 Å². The lowest BCUT2D eigenvalue weighted by Gasteiger charge is -2.38. The van der Waals surface area contributed by atoms with E-state index in [4.69, 9.17) is 33.7 Å². The lowest BCUT2D eigenvalue weighted by Crippen LogP contribution is -2.38. The summed E-state index contributed by atoms with van der Waals surface area (Å²) in [4.78, 5) is 27.5. The molecule has 2 aromatic carbocycles. The Morgan fingerprint density at radius 2 is 2.05 bits per heavy atom. The van der Waals surface area contributed by atoms with Gasteiger partial charge in [-0.15, -0.1) is 10.2 Å². The molecule has 1 unspecified atom stereocenters. The van der Waals surface area contributed by atoms with E-state index in [0.717, 1.165) is 0 Å². The van der Waals surface area contributed by atoms with Gasteiger partial charge in [-0.1, -0.05) is 64.5 Å². The first-order chi connectivity index (χ1) is 19.3. The van der Waals surface area contributed by atoms with Crippen molar-refractivity contribution >= 4 is 68.8 Å². The molecule has 0 saturated carbocycles. The van der Waals surface area contributed by atoms with Crippen molar-refractivity contribution in [2.24, 2.45) is 5.73 Å². The lowest BCUT2D eigenvalue weighted by molar-refractivity contribution is -0.116. The van der Waals surface area contributed by atoms with E-state index >= 15 is 0 Å². The lowest BCUT2D eigenvalue weighted by atomic mass is 9.76. The molecule has 1 aromatic heterocycles. The molecule has 1 amide bonds. The number of aromatic nitrogens is 2. The van der Waals surface area contributed by atoms with Gasteiger partial charge in [0, 0.05) is 28.4 Å². The molecule has 204 valence electrons.